The summed E-state index contributed by atoms with van der Waals surface area (Å²) in [4.78, 5) is 41.5. The van der Waals surface area contributed by atoms with Crippen LogP contribution in [-0.2, 0) is 16.1 Å². The van der Waals surface area contributed by atoms with Gasteiger partial charge in [-0.05, 0) is 24.1 Å². The molecule has 152 valence electrons. The van der Waals surface area contributed by atoms with Crippen molar-refractivity contribution < 1.29 is 18.8 Å². The molecule has 0 aliphatic rings. The number of nitrogens with zero attached hydrogens (tertiary/aromatic N) is 3. The summed E-state index contributed by atoms with van der Waals surface area (Å²) in [6.45, 7) is 4.43. The van der Waals surface area contributed by atoms with Crippen LogP contribution >= 0.6 is 11.8 Å². The molecule has 0 saturated carbocycles. The van der Waals surface area contributed by atoms with Gasteiger partial charge in [-0.15, -0.1) is 0 Å². The Kier molecular flexibility index (Phi) is 6.32. The number of methoxy groups -OCH3 is 1. The standard InChI is InChI=1S/C19H20N4O5S/c1-11(2)9-23-17(25)13-5-4-12(18(26)27-3)8-14(13)20-19(23)29-10-16(24)21-15-6-7-28-22-15/h4-8,11H,9-10H2,1-3H3,(H,21,22,24). The summed E-state index contributed by atoms with van der Waals surface area (Å²) in [6, 6.07) is 6.15. The third-order valence-corrected chi connectivity index (χ3v) is 4.90. The number of carbonyl (C=O) groups is 2. The maximum Gasteiger partial charge on any atom is 0.337 e. The summed E-state index contributed by atoms with van der Waals surface area (Å²) in [5, 5.41) is 7.02. The Morgan fingerprint density at radius 1 is 1.31 bits per heavy atom. The lowest BCUT2D eigenvalue weighted by Crippen LogP contribution is -2.26. The Morgan fingerprint density at radius 3 is 2.76 bits per heavy atom. The molecule has 0 aliphatic carbocycles. The fourth-order valence-electron chi connectivity index (χ4n) is 2.67. The van der Waals surface area contributed by atoms with Crippen molar-refractivity contribution in [2.45, 2.75) is 25.5 Å². The second-order valence-corrected chi connectivity index (χ2v) is 7.59. The molecule has 3 aromatic rings. The van der Waals surface area contributed by atoms with Crippen molar-refractivity contribution >= 4 is 40.4 Å². The van der Waals surface area contributed by atoms with Crippen LogP contribution in [0.1, 0.15) is 24.2 Å². The molecule has 1 aromatic carbocycles. The van der Waals surface area contributed by atoms with E-state index in [-0.39, 0.29) is 23.1 Å². The van der Waals surface area contributed by atoms with Gasteiger partial charge >= 0.3 is 5.97 Å². The summed E-state index contributed by atoms with van der Waals surface area (Å²) >= 11 is 1.13. The number of amides is 1. The molecule has 2 aromatic heterocycles. The molecule has 3 rings (SSSR count). The van der Waals surface area contributed by atoms with Crippen LogP contribution in [0.5, 0.6) is 0 Å². The molecular formula is C19H20N4O5S. The number of esters is 1. The smallest absolute Gasteiger partial charge is 0.337 e. The van der Waals surface area contributed by atoms with Gasteiger partial charge in [0.25, 0.3) is 5.56 Å². The van der Waals surface area contributed by atoms with Crippen molar-refractivity contribution in [3.05, 3.63) is 46.4 Å². The number of thioether (sulfide) groups is 1. The lowest BCUT2D eigenvalue weighted by molar-refractivity contribution is -0.113. The molecule has 2 heterocycles. The van der Waals surface area contributed by atoms with Gasteiger partial charge in [0.05, 0.1) is 29.3 Å². The highest BCUT2D eigenvalue weighted by Gasteiger charge is 2.16. The lowest BCUT2D eigenvalue weighted by atomic mass is 10.1. The van der Waals surface area contributed by atoms with Gasteiger partial charge in [-0.3, -0.25) is 14.2 Å². The number of benzene rings is 1. The van der Waals surface area contributed by atoms with Gasteiger partial charge in [-0.1, -0.05) is 30.8 Å². The monoisotopic (exact) mass is 416 g/mol. The zero-order chi connectivity index (χ0) is 21.0. The van der Waals surface area contributed by atoms with Gasteiger partial charge in [0.2, 0.25) is 5.91 Å². The summed E-state index contributed by atoms with van der Waals surface area (Å²) in [5.74, 6) is -0.285. The second-order valence-electron chi connectivity index (χ2n) is 6.65. The Labute approximate surface area is 170 Å². The predicted octanol–water partition coefficient (Wildman–Crippen LogP) is 2.56. The Balaban J connectivity index is 1.94. The number of anilines is 1. The molecule has 0 spiro atoms. The van der Waals surface area contributed by atoms with Crippen LogP contribution < -0.4 is 10.9 Å². The third-order valence-electron chi connectivity index (χ3n) is 3.93. The van der Waals surface area contributed by atoms with E-state index in [0.717, 1.165) is 11.8 Å². The van der Waals surface area contributed by atoms with Crippen molar-refractivity contribution in [2.24, 2.45) is 5.92 Å². The number of fused-ring (bicyclic) bond motifs is 1. The zero-order valence-corrected chi connectivity index (χ0v) is 17.0. The minimum atomic E-state index is -0.513. The highest BCUT2D eigenvalue weighted by atomic mass is 32.2. The molecule has 9 nitrogen and oxygen atoms in total. The van der Waals surface area contributed by atoms with Gasteiger partial charge in [0.15, 0.2) is 11.0 Å². The minimum absolute atomic E-state index is 0.0274. The molecule has 0 fully saturated rings. The highest BCUT2D eigenvalue weighted by Crippen LogP contribution is 2.20. The summed E-state index contributed by atoms with van der Waals surface area (Å²) in [5.41, 5.74) is 0.449. The van der Waals surface area contributed by atoms with Gasteiger partial charge in [-0.2, -0.15) is 0 Å². The Morgan fingerprint density at radius 2 is 2.10 bits per heavy atom. The average Bonchev–Trinajstić information content (AvgIpc) is 3.20. The maximum atomic E-state index is 13.0. The van der Waals surface area contributed by atoms with Crippen LogP contribution in [0.2, 0.25) is 0 Å². The molecule has 10 heteroatoms. The molecular weight excluding hydrogens is 396 g/mol. The summed E-state index contributed by atoms with van der Waals surface area (Å²) in [6.07, 6.45) is 1.35. The van der Waals surface area contributed by atoms with Gasteiger partial charge < -0.3 is 14.6 Å². The van der Waals surface area contributed by atoms with E-state index in [9.17, 15) is 14.4 Å². The molecule has 0 atom stereocenters. The maximum absolute atomic E-state index is 13.0. The first-order valence-corrected chi connectivity index (χ1v) is 9.83. The number of aromatic nitrogens is 3. The summed E-state index contributed by atoms with van der Waals surface area (Å²) in [7, 11) is 1.29. The zero-order valence-electron chi connectivity index (χ0n) is 16.2. The number of rotatable bonds is 7. The minimum Gasteiger partial charge on any atom is -0.465 e. The average molecular weight is 416 g/mol. The Bertz CT molecular complexity index is 1090. The van der Waals surface area contributed by atoms with Crippen molar-refractivity contribution in [2.75, 3.05) is 18.2 Å². The largest absolute Gasteiger partial charge is 0.465 e. The van der Waals surface area contributed by atoms with Crippen molar-refractivity contribution in [1.82, 2.24) is 14.7 Å². The summed E-state index contributed by atoms with van der Waals surface area (Å²) < 4.78 is 11.0. The molecule has 1 amide bonds. The third kappa shape index (κ3) is 4.83. The first kappa shape index (κ1) is 20.6. The normalized spacial score (nSPS) is 11.0. The fourth-order valence-corrected chi connectivity index (χ4v) is 3.48. The predicted molar refractivity (Wildman–Crippen MR) is 108 cm³/mol. The molecule has 29 heavy (non-hydrogen) atoms. The van der Waals surface area contributed by atoms with E-state index in [4.69, 9.17) is 4.74 Å². The number of hydrogen-bond donors (Lipinski definition) is 1. The number of carbonyl (C=O) groups excluding carboxylic acids is 2. The second kappa shape index (κ2) is 8.91. The Hall–Kier alpha value is -3.14. The lowest BCUT2D eigenvalue weighted by Gasteiger charge is -2.15. The van der Waals surface area contributed by atoms with E-state index in [0.29, 0.717) is 34.0 Å². The molecule has 0 aliphatic heterocycles. The van der Waals surface area contributed by atoms with Crippen LogP contribution in [0.25, 0.3) is 10.9 Å². The molecule has 0 bridgehead atoms. The molecule has 1 N–H and O–H groups in total. The van der Waals surface area contributed by atoms with E-state index < -0.39 is 5.97 Å². The van der Waals surface area contributed by atoms with Crippen molar-refractivity contribution in [3.63, 3.8) is 0 Å². The molecule has 0 unspecified atom stereocenters. The van der Waals surface area contributed by atoms with E-state index in [1.54, 1.807) is 10.6 Å². The fraction of sp³-hybridized carbons (Fsp3) is 0.316. The number of hydrogen-bond acceptors (Lipinski definition) is 8. The first-order valence-electron chi connectivity index (χ1n) is 8.85. The van der Waals surface area contributed by atoms with E-state index >= 15 is 0 Å². The van der Waals surface area contributed by atoms with Gasteiger partial charge in [0, 0.05) is 12.6 Å². The van der Waals surface area contributed by atoms with E-state index in [2.05, 4.69) is 20.0 Å². The quantitative estimate of drug-likeness (QED) is 0.355. The number of nitrogens with one attached hydrogen (secondary N) is 1. The first-order chi connectivity index (χ1) is 13.9. The van der Waals surface area contributed by atoms with Gasteiger partial charge in [0.1, 0.15) is 6.26 Å². The SMILES string of the molecule is COC(=O)c1ccc2c(=O)n(CC(C)C)c(SCC(=O)Nc3ccon3)nc2c1. The van der Waals surface area contributed by atoms with Crippen LogP contribution in [0.4, 0.5) is 5.82 Å². The highest BCUT2D eigenvalue weighted by molar-refractivity contribution is 7.99. The molecule has 0 saturated heterocycles. The van der Waals surface area contributed by atoms with Crippen molar-refractivity contribution in [1.29, 1.82) is 0 Å². The van der Waals surface area contributed by atoms with Gasteiger partial charge in [-0.25, -0.2) is 9.78 Å². The van der Waals surface area contributed by atoms with Crippen molar-refractivity contribution in [3.8, 4) is 0 Å². The molecule has 0 radical (unpaired) electrons. The van der Waals surface area contributed by atoms with Crippen LogP contribution in [-0.4, -0.2) is 39.4 Å². The van der Waals surface area contributed by atoms with Crippen LogP contribution in [0.3, 0.4) is 0 Å². The topological polar surface area (TPSA) is 116 Å². The van der Waals surface area contributed by atoms with E-state index in [1.807, 2.05) is 13.8 Å². The van der Waals surface area contributed by atoms with Crippen LogP contribution in [0.15, 0.2) is 45.0 Å². The number of ether oxygens (including phenoxy) is 1. The van der Waals surface area contributed by atoms with Crippen LogP contribution in [0, 0.1) is 5.92 Å². The van der Waals surface area contributed by atoms with E-state index in [1.165, 1.54) is 31.6 Å².